The summed E-state index contributed by atoms with van der Waals surface area (Å²) in [6, 6.07) is 1.34. The second-order valence-electron chi connectivity index (χ2n) is 3.14. The molecule has 0 heterocycles. The number of nitrogens with one attached hydrogen (secondary N) is 1. The Morgan fingerprint density at radius 1 is 1.41 bits per heavy atom. The van der Waals surface area contributed by atoms with Crippen LogP contribution >= 0.6 is 0 Å². The summed E-state index contributed by atoms with van der Waals surface area (Å²) in [6.07, 6.45) is 0. The molecule has 0 aromatic heterocycles. The van der Waals surface area contributed by atoms with Crippen LogP contribution in [0.4, 0.5) is 8.78 Å². The van der Waals surface area contributed by atoms with Crippen LogP contribution in [0.1, 0.15) is 17.3 Å². The molecule has 17 heavy (non-hydrogen) atoms. The molecule has 1 aromatic rings. The maximum absolute atomic E-state index is 13.6. The van der Waals surface area contributed by atoms with E-state index in [0.29, 0.717) is 12.1 Å². The van der Waals surface area contributed by atoms with Crippen LogP contribution in [0, 0.1) is 11.6 Å². The zero-order valence-corrected chi connectivity index (χ0v) is 9.64. The molecule has 0 unspecified atom stereocenters. The van der Waals surface area contributed by atoms with Crippen LogP contribution in [-0.2, 0) is 10.0 Å². The van der Waals surface area contributed by atoms with E-state index in [1.807, 2.05) is 0 Å². The predicted octanol–water partition coefficient (Wildman–Crippen LogP) is 0.362. The van der Waals surface area contributed by atoms with Gasteiger partial charge < -0.3 is 5.32 Å². The lowest BCUT2D eigenvalue weighted by molar-refractivity contribution is 0.0947. The molecule has 1 amide bonds. The SMILES string of the molecule is CCNC(=O)c1c(F)ccc(S(N)(=O)=O)c1F. The van der Waals surface area contributed by atoms with Crippen molar-refractivity contribution in [3.63, 3.8) is 0 Å². The van der Waals surface area contributed by atoms with Gasteiger partial charge in [0.05, 0.1) is 0 Å². The van der Waals surface area contributed by atoms with Gasteiger partial charge in [-0.2, -0.15) is 0 Å². The van der Waals surface area contributed by atoms with Crippen molar-refractivity contribution in [3.8, 4) is 0 Å². The summed E-state index contributed by atoms with van der Waals surface area (Å²) < 4.78 is 48.9. The van der Waals surface area contributed by atoms with Crippen molar-refractivity contribution < 1.29 is 22.0 Å². The quantitative estimate of drug-likeness (QED) is 0.826. The van der Waals surface area contributed by atoms with E-state index in [-0.39, 0.29) is 6.54 Å². The van der Waals surface area contributed by atoms with Gasteiger partial charge in [-0.3, -0.25) is 4.79 Å². The molecule has 1 aromatic carbocycles. The number of halogens is 2. The van der Waals surface area contributed by atoms with Crippen LogP contribution in [0.25, 0.3) is 0 Å². The number of rotatable bonds is 3. The van der Waals surface area contributed by atoms with Gasteiger partial charge >= 0.3 is 0 Å². The van der Waals surface area contributed by atoms with E-state index in [9.17, 15) is 22.0 Å². The third kappa shape index (κ3) is 2.77. The largest absolute Gasteiger partial charge is 0.352 e. The first-order valence-corrected chi connectivity index (χ1v) is 6.12. The fourth-order valence-electron chi connectivity index (χ4n) is 1.21. The standard InChI is InChI=1S/C9H10F2N2O3S/c1-2-13-9(14)7-5(10)3-4-6(8(7)11)17(12,15)16/h3-4H,2H2,1H3,(H,13,14)(H2,12,15,16). The summed E-state index contributed by atoms with van der Waals surface area (Å²) in [5, 5.41) is 6.90. The Morgan fingerprint density at radius 2 is 2.00 bits per heavy atom. The molecular formula is C9H10F2N2O3S. The molecule has 5 nitrogen and oxygen atoms in total. The highest BCUT2D eigenvalue weighted by atomic mass is 32.2. The molecule has 0 aliphatic carbocycles. The Kier molecular flexibility index (Phi) is 3.79. The predicted molar refractivity (Wildman–Crippen MR) is 55.7 cm³/mol. The molecule has 0 spiro atoms. The van der Waals surface area contributed by atoms with E-state index in [4.69, 9.17) is 5.14 Å². The number of hydrogen-bond acceptors (Lipinski definition) is 3. The highest BCUT2D eigenvalue weighted by Gasteiger charge is 2.24. The summed E-state index contributed by atoms with van der Waals surface area (Å²) in [5.41, 5.74) is -0.960. The monoisotopic (exact) mass is 264 g/mol. The Labute approximate surface area is 96.7 Å². The van der Waals surface area contributed by atoms with Crippen molar-refractivity contribution in [1.29, 1.82) is 0 Å². The number of sulfonamides is 1. The molecular weight excluding hydrogens is 254 g/mol. The van der Waals surface area contributed by atoms with Crippen molar-refractivity contribution in [2.45, 2.75) is 11.8 Å². The Bertz CT molecular complexity index is 558. The van der Waals surface area contributed by atoms with Crippen molar-refractivity contribution in [3.05, 3.63) is 29.3 Å². The molecule has 0 fully saturated rings. The minimum Gasteiger partial charge on any atom is -0.352 e. The number of benzene rings is 1. The van der Waals surface area contributed by atoms with E-state index in [1.54, 1.807) is 6.92 Å². The number of carbonyl (C=O) groups is 1. The van der Waals surface area contributed by atoms with Gasteiger partial charge in [0.1, 0.15) is 16.3 Å². The lowest BCUT2D eigenvalue weighted by atomic mass is 10.2. The molecule has 0 aliphatic rings. The van der Waals surface area contributed by atoms with Gasteiger partial charge in [-0.05, 0) is 19.1 Å². The minimum atomic E-state index is -4.34. The maximum atomic E-state index is 13.6. The van der Waals surface area contributed by atoms with E-state index >= 15 is 0 Å². The first-order valence-electron chi connectivity index (χ1n) is 4.58. The average molecular weight is 264 g/mol. The second kappa shape index (κ2) is 4.76. The van der Waals surface area contributed by atoms with Crippen LogP contribution in [0.15, 0.2) is 17.0 Å². The maximum Gasteiger partial charge on any atom is 0.257 e. The van der Waals surface area contributed by atoms with Crippen molar-refractivity contribution in [1.82, 2.24) is 5.32 Å². The highest BCUT2D eigenvalue weighted by molar-refractivity contribution is 7.89. The van der Waals surface area contributed by atoms with Crippen LogP contribution in [0.2, 0.25) is 0 Å². The number of carbonyl (C=O) groups excluding carboxylic acids is 1. The molecule has 1 rings (SSSR count). The smallest absolute Gasteiger partial charge is 0.257 e. The number of hydrogen-bond donors (Lipinski definition) is 2. The van der Waals surface area contributed by atoms with Gasteiger partial charge in [-0.1, -0.05) is 0 Å². The van der Waals surface area contributed by atoms with Gasteiger partial charge in [0.2, 0.25) is 10.0 Å². The van der Waals surface area contributed by atoms with Gasteiger partial charge in [0.25, 0.3) is 5.91 Å². The van der Waals surface area contributed by atoms with E-state index < -0.39 is 38.0 Å². The van der Waals surface area contributed by atoms with Gasteiger partial charge in [0, 0.05) is 6.54 Å². The number of amides is 1. The van der Waals surface area contributed by atoms with E-state index in [1.165, 1.54) is 0 Å². The third-order valence-corrected chi connectivity index (χ3v) is 2.85. The van der Waals surface area contributed by atoms with Gasteiger partial charge in [0.15, 0.2) is 5.82 Å². The Hall–Kier alpha value is -1.54. The molecule has 0 aliphatic heterocycles. The summed E-state index contributed by atoms with van der Waals surface area (Å²) in [6.45, 7) is 1.70. The van der Waals surface area contributed by atoms with E-state index in [0.717, 1.165) is 0 Å². The molecule has 3 N–H and O–H groups in total. The van der Waals surface area contributed by atoms with Crippen molar-refractivity contribution >= 4 is 15.9 Å². The van der Waals surface area contributed by atoms with Crippen LogP contribution in [-0.4, -0.2) is 20.9 Å². The summed E-state index contributed by atoms with van der Waals surface area (Å²) >= 11 is 0. The molecule has 0 atom stereocenters. The lowest BCUT2D eigenvalue weighted by Crippen LogP contribution is -2.26. The minimum absolute atomic E-state index is 0.150. The number of primary sulfonamides is 1. The molecule has 0 saturated heterocycles. The normalized spacial score (nSPS) is 11.3. The summed E-state index contributed by atoms with van der Waals surface area (Å²) in [5.74, 6) is -3.67. The zero-order valence-electron chi connectivity index (χ0n) is 8.83. The molecule has 0 saturated carbocycles. The van der Waals surface area contributed by atoms with Crippen molar-refractivity contribution in [2.24, 2.45) is 5.14 Å². The highest BCUT2D eigenvalue weighted by Crippen LogP contribution is 2.19. The third-order valence-electron chi connectivity index (χ3n) is 1.93. The summed E-state index contributed by atoms with van der Waals surface area (Å²) in [7, 11) is -4.34. The van der Waals surface area contributed by atoms with Gasteiger partial charge in [-0.25, -0.2) is 22.3 Å². The molecule has 94 valence electrons. The lowest BCUT2D eigenvalue weighted by Gasteiger charge is -2.07. The first-order chi connectivity index (χ1) is 7.79. The molecule has 8 heteroatoms. The summed E-state index contributed by atoms with van der Waals surface area (Å²) in [4.78, 5) is 10.4. The Balaban J connectivity index is 3.46. The Morgan fingerprint density at radius 3 is 2.47 bits per heavy atom. The van der Waals surface area contributed by atoms with Gasteiger partial charge in [-0.15, -0.1) is 0 Å². The fraction of sp³-hybridized carbons (Fsp3) is 0.222. The van der Waals surface area contributed by atoms with Crippen LogP contribution in [0.5, 0.6) is 0 Å². The average Bonchev–Trinajstić information content (AvgIpc) is 2.15. The topological polar surface area (TPSA) is 89.3 Å². The molecule has 0 bridgehead atoms. The van der Waals surface area contributed by atoms with Crippen LogP contribution in [0.3, 0.4) is 0 Å². The van der Waals surface area contributed by atoms with Crippen LogP contribution < -0.4 is 10.5 Å². The fourth-order valence-corrected chi connectivity index (χ4v) is 1.82. The van der Waals surface area contributed by atoms with Crippen molar-refractivity contribution in [2.75, 3.05) is 6.54 Å². The van der Waals surface area contributed by atoms with E-state index in [2.05, 4.69) is 5.32 Å². The second-order valence-corrected chi connectivity index (χ2v) is 4.67. The first kappa shape index (κ1) is 13.5. The number of nitrogens with two attached hydrogens (primary N) is 1. The zero-order chi connectivity index (χ0) is 13.2. The molecule has 0 radical (unpaired) electrons.